The van der Waals surface area contributed by atoms with Gasteiger partial charge in [-0.3, -0.25) is 0 Å². The molecule has 2 rings (SSSR count). The number of nitrogens with zero attached hydrogens (tertiary/aromatic N) is 1. The lowest BCUT2D eigenvalue weighted by Crippen LogP contribution is -2.14. The van der Waals surface area contributed by atoms with E-state index in [4.69, 9.17) is 32.9 Å². The largest absolute Gasteiger partial charge is 0.495 e. The van der Waals surface area contributed by atoms with Crippen LogP contribution in [0.1, 0.15) is 15.9 Å². The third-order valence-corrected chi connectivity index (χ3v) is 3.50. The van der Waals surface area contributed by atoms with Gasteiger partial charge in [0.2, 0.25) is 0 Å². The van der Waals surface area contributed by atoms with E-state index in [2.05, 4.69) is 9.83 Å². The molecular weight excluding hydrogens is 339 g/mol. The zero-order valence-electron chi connectivity index (χ0n) is 12.5. The van der Waals surface area contributed by atoms with Crippen molar-refractivity contribution in [3.05, 3.63) is 58.6 Å². The summed E-state index contributed by atoms with van der Waals surface area (Å²) in [5.74, 6) is 0.472. The molecule has 0 fully saturated rings. The summed E-state index contributed by atoms with van der Waals surface area (Å²) in [5.41, 5.74) is 1.64. The first-order valence-electron chi connectivity index (χ1n) is 6.57. The second kappa shape index (κ2) is 7.85. The van der Waals surface area contributed by atoms with Crippen molar-refractivity contribution in [3.63, 3.8) is 0 Å². The van der Waals surface area contributed by atoms with Crippen LogP contribution in [0.2, 0.25) is 5.02 Å². The highest BCUT2D eigenvalue weighted by molar-refractivity contribution is 6.31. The van der Waals surface area contributed by atoms with E-state index in [-0.39, 0.29) is 0 Å². The van der Waals surface area contributed by atoms with Gasteiger partial charge in [0.1, 0.15) is 5.75 Å². The smallest absolute Gasteiger partial charge is 0.337 e. The molecular formula is C16H14Cl2N2O3. The number of methoxy groups -OCH3 is 2. The molecule has 23 heavy (non-hydrogen) atoms. The predicted octanol–water partition coefficient (Wildman–Crippen LogP) is 4.15. The average molecular weight is 353 g/mol. The van der Waals surface area contributed by atoms with Gasteiger partial charge >= 0.3 is 5.97 Å². The standard InChI is InChI=1S/C16H14Cl2N2O3/c1-22-14-8-5-11(16(21)23-2)9-13(14)19-15(20-18)10-3-6-12(17)7-4-10/h3-9H,1-2H3,(H,19,20). The molecule has 0 atom stereocenters. The number of nitrogens with one attached hydrogen (secondary N) is 1. The van der Waals surface area contributed by atoms with Gasteiger partial charge < -0.3 is 14.8 Å². The van der Waals surface area contributed by atoms with E-state index >= 15 is 0 Å². The Hall–Kier alpha value is -2.24. The van der Waals surface area contributed by atoms with Crippen LogP contribution in [-0.2, 0) is 4.74 Å². The molecule has 0 amide bonds. The van der Waals surface area contributed by atoms with Crippen LogP contribution in [0.3, 0.4) is 0 Å². The molecule has 0 saturated heterocycles. The Morgan fingerprint density at radius 1 is 1.09 bits per heavy atom. The summed E-state index contributed by atoms with van der Waals surface area (Å²) < 4.78 is 13.7. The molecule has 7 heteroatoms. The van der Waals surface area contributed by atoms with Crippen LogP contribution in [0.25, 0.3) is 0 Å². The van der Waals surface area contributed by atoms with Crippen molar-refractivity contribution < 1.29 is 14.3 Å². The summed E-state index contributed by atoms with van der Waals surface area (Å²) in [5, 5.41) is 3.65. The van der Waals surface area contributed by atoms with Gasteiger partial charge in [-0.2, -0.15) is 4.51 Å². The lowest BCUT2D eigenvalue weighted by atomic mass is 10.1. The third-order valence-electron chi connectivity index (χ3n) is 3.08. The Balaban J connectivity index is 2.36. The Labute approximate surface area is 144 Å². The van der Waals surface area contributed by atoms with Gasteiger partial charge in [-0.1, -0.05) is 11.6 Å². The van der Waals surface area contributed by atoms with Gasteiger partial charge in [0, 0.05) is 22.4 Å². The van der Waals surface area contributed by atoms with Gasteiger partial charge in [0.25, 0.3) is 0 Å². The Morgan fingerprint density at radius 3 is 2.30 bits per heavy atom. The normalized spacial score (nSPS) is 11.0. The first-order valence-corrected chi connectivity index (χ1v) is 7.29. The van der Waals surface area contributed by atoms with Crippen molar-refractivity contribution >= 4 is 40.9 Å². The Kier molecular flexibility index (Phi) is 5.84. The third kappa shape index (κ3) is 4.15. The van der Waals surface area contributed by atoms with Crippen LogP contribution in [0.4, 0.5) is 5.69 Å². The highest BCUT2D eigenvalue weighted by Crippen LogP contribution is 2.27. The second-order valence-corrected chi connectivity index (χ2v) is 5.08. The molecule has 0 bridgehead atoms. The fraction of sp³-hybridized carbons (Fsp3) is 0.125. The zero-order chi connectivity index (χ0) is 16.8. The number of hydrogen-bond donors (Lipinski definition) is 1. The highest BCUT2D eigenvalue weighted by Gasteiger charge is 2.13. The second-order valence-electron chi connectivity index (χ2n) is 4.47. The van der Waals surface area contributed by atoms with Crippen molar-refractivity contribution in [2.45, 2.75) is 0 Å². The lowest BCUT2D eigenvalue weighted by molar-refractivity contribution is 0.0601. The number of ether oxygens (including phenoxy) is 2. The molecule has 2 aromatic carbocycles. The molecule has 0 heterocycles. The van der Waals surface area contributed by atoms with E-state index in [1.165, 1.54) is 14.2 Å². The Morgan fingerprint density at radius 2 is 1.74 bits per heavy atom. The zero-order valence-corrected chi connectivity index (χ0v) is 14.0. The monoisotopic (exact) mass is 352 g/mol. The van der Waals surface area contributed by atoms with Crippen LogP contribution in [0, 0.1) is 0 Å². The van der Waals surface area contributed by atoms with E-state index in [1.807, 2.05) is 0 Å². The summed E-state index contributed by atoms with van der Waals surface area (Å²) in [7, 11) is 2.84. The van der Waals surface area contributed by atoms with Gasteiger partial charge in [0.15, 0.2) is 5.84 Å². The maximum absolute atomic E-state index is 11.7. The number of benzene rings is 2. The molecule has 0 aliphatic heterocycles. The quantitative estimate of drug-likeness (QED) is 0.510. The number of carbonyl (C=O) groups is 1. The number of carbonyl (C=O) groups excluding carboxylic acids is 1. The van der Waals surface area contributed by atoms with Gasteiger partial charge in [-0.15, -0.1) is 0 Å². The SMILES string of the molecule is COC(=O)c1ccc(OC)c(NC(=NCl)c2ccc(Cl)cc2)c1. The summed E-state index contributed by atoms with van der Waals surface area (Å²) >= 11 is 11.6. The van der Waals surface area contributed by atoms with Crippen LogP contribution in [-0.4, -0.2) is 26.0 Å². The van der Waals surface area contributed by atoms with Crippen molar-refractivity contribution in [2.75, 3.05) is 19.5 Å². The maximum Gasteiger partial charge on any atom is 0.337 e. The molecule has 120 valence electrons. The molecule has 0 spiro atoms. The summed E-state index contributed by atoms with van der Waals surface area (Å²) in [6.45, 7) is 0. The summed E-state index contributed by atoms with van der Waals surface area (Å²) in [6, 6.07) is 11.9. The van der Waals surface area contributed by atoms with E-state index in [0.717, 1.165) is 5.56 Å². The molecule has 0 aliphatic carbocycles. The highest BCUT2D eigenvalue weighted by atomic mass is 35.5. The first-order chi connectivity index (χ1) is 11.1. The van der Waals surface area contributed by atoms with Crippen LogP contribution < -0.4 is 10.1 Å². The minimum absolute atomic E-state index is 0.376. The summed E-state index contributed by atoms with van der Waals surface area (Å²) in [4.78, 5) is 11.7. The summed E-state index contributed by atoms with van der Waals surface area (Å²) in [6.07, 6.45) is 0. The minimum Gasteiger partial charge on any atom is -0.495 e. The van der Waals surface area contributed by atoms with E-state index in [0.29, 0.717) is 27.9 Å². The van der Waals surface area contributed by atoms with E-state index in [9.17, 15) is 4.79 Å². The van der Waals surface area contributed by atoms with Gasteiger partial charge in [-0.25, -0.2) is 4.79 Å². The molecule has 0 aliphatic rings. The fourth-order valence-corrected chi connectivity index (χ4v) is 2.19. The topological polar surface area (TPSA) is 59.9 Å². The average Bonchev–Trinajstić information content (AvgIpc) is 2.59. The molecule has 2 aromatic rings. The molecule has 5 nitrogen and oxygen atoms in total. The first kappa shape index (κ1) is 17.1. The van der Waals surface area contributed by atoms with Gasteiger partial charge in [-0.05, 0) is 42.5 Å². The van der Waals surface area contributed by atoms with E-state index < -0.39 is 5.97 Å². The number of esters is 1. The Bertz CT molecular complexity index is 731. The van der Waals surface area contributed by atoms with Crippen LogP contribution in [0.5, 0.6) is 5.75 Å². The number of hydrogen-bond acceptors (Lipinski definition) is 4. The minimum atomic E-state index is -0.452. The van der Waals surface area contributed by atoms with Crippen LogP contribution in [0.15, 0.2) is 47.0 Å². The molecule has 0 saturated carbocycles. The lowest BCUT2D eigenvalue weighted by Gasteiger charge is -2.13. The van der Waals surface area contributed by atoms with Gasteiger partial charge in [0.05, 0.1) is 25.5 Å². The molecule has 0 aromatic heterocycles. The fourth-order valence-electron chi connectivity index (χ4n) is 1.93. The maximum atomic E-state index is 11.7. The van der Waals surface area contributed by atoms with Crippen molar-refractivity contribution in [3.8, 4) is 5.75 Å². The van der Waals surface area contributed by atoms with Crippen molar-refractivity contribution in [1.29, 1.82) is 0 Å². The number of amidine groups is 1. The van der Waals surface area contributed by atoms with Crippen molar-refractivity contribution in [1.82, 2.24) is 0 Å². The molecule has 1 N–H and O–H groups in total. The number of anilines is 1. The number of halogens is 2. The van der Waals surface area contributed by atoms with E-state index in [1.54, 1.807) is 42.5 Å². The van der Waals surface area contributed by atoms with Crippen molar-refractivity contribution in [2.24, 2.45) is 4.51 Å². The molecule has 0 radical (unpaired) electrons. The van der Waals surface area contributed by atoms with Crippen LogP contribution >= 0.6 is 23.4 Å². The molecule has 0 unspecified atom stereocenters. The number of rotatable bonds is 4. The predicted molar refractivity (Wildman–Crippen MR) is 91.8 cm³/mol.